The van der Waals surface area contributed by atoms with Crippen molar-refractivity contribution in [3.05, 3.63) is 29.6 Å². The lowest BCUT2D eigenvalue weighted by Crippen LogP contribution is -2.22. The monoisotopic (exact) mass is 236 g/mol. The summed E-state index contributed by atoms with van der Waals surface area (Å²) in [6.07, 6.45) is 0.189. The van der Waals surface area contributed by atoms with Gasteiger partial charge in [-0.25, -0.2) is 4.39 Å². The van der Waals surface area contributed by atoms with Gasteiger partial charge < -0.3 is 9.64 Å². The molecule has 0 saturated heterocycles. The topological polar surface area (TPSA) is 53.3 Å². The molecule has 0 aliphatic carbocycles. The Morgan fingerprint density at radius 3 is 2.88 bits per heavy atom. The zero-order valence-electron chi connectivity index (χ0n) is 9.74. The molecular weight excluding hydrogens is 223 g/mol. The van der Waals surface area contributed by atoms with Gasteiger partial charge in [-0.3, -0.25) is 4.79 Å². The van der Waals surface area contributed by atoms with Gasteiger partial charge in [0.05, 0.1) is 19.2 Å². The zero-order chi connectivity index (χ0) is 12.8. The van der Waals surface area contributed by atoms with E-state index in [0.717, 1.165) is 0 Å². The van der Waals surface area contributed by atoms with Gasteiger partial charge in [-0.2, -0.15) is 5.26 Å². The van der Waals surface area contributed by atoms with Crippen molar-refractivity contribution >= 4 is 11.7 Å². The largest absolute Gasteiger partial charge is 0.469 e. The zero-order valence-corrected chi connectivity index (χ0v) is 9.74. The minimum absolute atomic E-state index is 0.0140. The summed E-state index contributed by atoms with van der Waals surface area (Å²) < 4.78 is 17.8. The number of hydrogen-bond donors (Lipinski definition) is 0. The summed E-state index contributed by atoms with van der Waals surface area (Å²) >= 11 is 0. The molecule has 0 radical (unpaired) electrons. The van der Waals surface area contributed by atoms with Crippen LogP contribution < -0.4 is 4.90 Å². The van der Waals surface area contributed by atoms with Crippen molar-refractivity contribution in [3.63, 3.8) is 0 Å². The van der Waals surface area contributed by atoms with Crippen LogP contribution in [0.25, 0.3) is 0 Å². The lowest BCUT2D eigenvalue weighted by Gasteiger charge is -2.19. The fourth-order valence-corrected chi connectivity index (χ4v) is 1.42. The maximum Gasteiger partial charge on any atom is 0.307 e. The highest BCUT2D eigenvalue weighted by Gasteiger charge is 2.12. The summed E-state index contributed by atoms with van der Waals surface area (Å²) in [5.41, 5.74) is 0.455. The summed E-state index contributed by atoms with van der Waals surface area (Å²) in [6.45, 7) is 0.366. The standard InChI is InChI=1S/C12H13FN2O2/c1-15(7-6-12(16)17-2)11-5-3-4-10(13)9(11)8-14/h3-5H,6-7H2,1-2H3. The molecular formula is C12H13FN2O2. The number of halogens is 1. The van der Waals surface area contributed by atoms with Gasteiger partial charge in [-0.05, 0) is 12.1 Å². The molecule has 0 atom stereocenters. The first kappa shape index (κ1) is 13.0. The Hall–Kier alpha value is -2.09. The van der Waals surface area contributed by atoms with Gasteiger partial charge in [0.25, 0.3) is 0 Å². The summed E-state index contributed by atoms with van der Waals surface area (Å²) in [6, 6.07) is 6.21. The van der Waals surface area contributed by atoms with Crippen LogP contribution in [0.5, 0.6) is 0 Å². The second-order valence-electron chi connectivity index (χ2n) is 3.49. The molecule has 1 rings (SSSR count). The number of methoxy groups -OCH3 is 1. The van der Waals surface area contributed by atoms with E-state index in [1.54, 1.807) is 18.0 Å². The summed E-state index contributed by atoms with van der Waals surface area (Å²) in [4.78, 5) is 12.6. The summed E-state index contributed by atoms with van der Waals surface area (Å²) in [7, 11) is 3.00. The molecule has 90 valence electrons. The van der Waals surface area contributed by atoms with Crippen LogP contribution >= 0.6 is 0 Å². The lowest BCUT2D eigenvalue weighted by atomic mass is 10.1. The van der Waals surface area contributed by atoms with Gasteiger partial charge in [0.1, 0.15) is 17.4 Å². The average molecular weight is 236 g/mol. The van der Waals surface area contributed by atoms with E-state index in [-0.39, 0.29) is 18.0 Å². The van der Waals surface area contributed by atoms with Crippen LogP contribution in [0.15, 0.2) is 18.2 Å². The van der Waals surface area contributed by atoms with Crippen LogP contribution in [0.1, 0.15) is 12.0 Å². The minimum Gasteiger partial charge on any atom is -0.469 e. The molecule has 5 heteroatoms. The quantitative estimate of drug-likeness (QED) is 0.746. The van der Waals surface area contributed by atoms with Crippen molar-refractivity contribution in [2.24, 2.45) is 0 Å². The molecule has 1 aromatic carbocycles. The Kier molecular flexibility index (Phi) is 4.46. The second-order valence-corrected chi connectivity index (χ2v) is 3.49. The van der Waals surface area contributed by atoms with Crippen LogP contribution in [0.3, 0.4) is 0 Å². The molecule has 0 bridgehead atoms. The Morgan fingerprint density at radius 1 is 1.59 bits per heavy atom. The van der Waals surface area contributed by atoms with E-state index in [2.05, 4.69) is 4.74 Å². The molecule has 0 unspecified atom stereocenters. The van der Waals surface area contributed by atoms with Crippen molar-refractivity contribution in [1.82, 2.24) is 0 Å². The minimum atomic E-state index is -0.560. The number of carbonyl (C=O) groups is 1. The second kappa shape index (κ2) is 5.85. The van der Waals surface area contributed by atoms with Gasteiger partial charge in [0.15, 0.2) is 0 Å². The van der Waals surface area contributed by atoms with E-state index in [1.165, 1.54) is 19.2 Å². The first-order valence-corrected chi connectivity index (χ1v) is 5.06. The number of rotatable bonds is 4. The number of carbonyl (C=O) groups excluding carboxylic acids is 1. The van der Waals surface area contributed by atoms with Crippen LogP contribution in [0.4, 0.5) is 10.1 Å². The first-order valence-electron chi connectivity index (χ1n) is 5.06. The van der Waals surface area contributed by atoms with E-state index in [4.69, 9.17) is 5.26 Å². The van der Waals surface area contributed by atoms with E-state index >= 15 is 0 Å². The Bertz CT molecular complexity index is 454. The van der Waals surface area contributed by atoms with Gasteiger partial charge in [0.2, 0.25) is 0 Å². The molecule has 4 nitrogen and oxygen atoms in total. The number of ether oxygens (including phenoxy) is 1. The van der Waals surface area contributed by atoms with Crippen LogP contribution in [0.2, 0.25) is 0 Å². The number of anilines is 1. The third-order valence-electron chi connectivity index (χ3n) is 2.39. The lowest BCUT2D eigenvalue weighted by molar-refractivity contribution is -0.140. The highest BCUT2D eigenvalue weighted by Crippen LogP contribution is 2.21. The Balaban J connectivity index is 2.82. The van der Waals surface area contributed by atoms with E-state index in [0.29, 0.717) is 12.2 Å². The predicted molar refractivity (Wildman–Crippen MR) is 61.0 cm³/mol. The normalized spacial score (nSPS) is 9.53. The maximum atomic E-state index is 13.3. The predicted octanol–water partition coefficient (Wildman–Crippen LogP) is 1.70. The molecule has 0 spiro atoms. The maximum absolute atomic E-state index is 13.3. The van der Waals surface area contributed by atoms with E-state index in [1.807, 2.05) is 6.07 Å². The van der Waals surface area contributed by atoms with E-state index in [9.17, 15) is 9.18 Å². The SMILES string of the molecule is COC(=O)CCN(C)c1cccc(F)c1C#N. The number of esters is 1. The fourth-order valence-electron chi connectivity index (χ4n) is 1.42. The van der Waals surface area contributed by atoms with Crippen molar-refractivity contribution < 1.29 is 13.9 Å². The van der Waals surface area contributed by atoms with Crippen molar-refractivity contribution in [1.29, 1.82) is 5.26 Å². The van der Waals surface area contributed by atoms with Crippen LogP contribution in [0, 0.1) is 17.1 Å². The van der Waals surface area contributed by atoms with Gasteiger partial charge >= 0.3 is 5.97 Å². The fraction of sp³-hybridized carbons (Fsp3) is 0.333. The summed E-state index contributed by atoms with van der Waals surface area (Å²) in [5.74, 6) is -0.901. The molecule has 0 aliphatic heterocycles. The third kappa shape index (κ3) is 3.18. The van der Waals surface area contributed by atoms with Crippen LogP contribution in [-0.4, -0.2) is 26.7 Å². The highest BCUT2D eigenvalue weighted by molar-refractivity contribution is 5.70. The molecule has 0 heterocycles. The molecule has 0 aliphatic rings. The number of hydrogen-bond acceptors (Lipinski definition) is 4. The van der Waals surface area contributed by atoms with Crippen molar-refractivity contribution in [3.8, 4) is 6.07 Å². The van der Waals surface area contributed by atoms with Gasteiger partial charge in [0, 0.05) is 13.6 Å². The Labute approximate surface area is 99.2 Å². The third-order valence-corrected chi connectivity index (χ3v) is 2.39. The molecule has 1 aromatic rings. The molecule has 17 heavy (non-hydrogen) atoms. The van der Waals surface area contributed by atoms with Crippen molar-refractivity contribution in [2.75, 3.05) is 25.6 Å². The molecule has 0 fully saturated rings. The molecule has 0 aromatic heterocycles. The van der Waals surface area contributed by atoms with E-state index < -0.39 is 5.82 Å². The van der Waals surface area contributed by atoms with Gasteiger partial charge in [-0.15, -0.1) is 0 Å². The number of nitriles is 1. The Morgan fingerprint density at radius 2 is 2.29 bits per heavy atom. The number of benzene rings is 1. The number of nitrogens with zero attached hydrogens (tertiary/aromatic N) is 2. The molecule has 0 saturated carbocycles. The summed E-state index contributed by atoms with van der Waals surface area (Å²) in [5, 5.41) is 8.86. The smallest absolute Gasteiger partial charge is 0.307 e. The molecule has 0 amide bonds. The van der Waals surface area contributed by atoms with Crippen LogP contribution in [-0.2, 0) is 9.53 Å². The van der Waals surface area contributed by atoms with Crippen molar-refractivity contribution in [2.45, 2.75) is 6.42 Å². The average Bonchev–Trinajstić information content (AvgIpc) is 2.35. The van der Waals surface area contributed by atoms with Gasteiger partial charge in [-0.1, -0.05) is 6.07 Å². The molecule has 0 N–H and O–H groups in total. The first-order chi connectivity index (χ1) is 8.10. The highest BCUT2D eigenvalue weighted by atomic mass is 19.1.